The second kappa shape index (κ2) is 13.7. The Labute approximate surface area is 250 Å². The molecule has 0 spiro atoms. The number of carbonyl (C=O) groups excluding carboxylic acids is 2. The lowest BCUT2D eigenvalue weighted by Crippen LogP contribution is -2.13. The molecule has 0 atom stereocenters. The van der Waals surface area contributed by atoms with Gasteiger partial charge in [-0.2, -0.15) is 0 Å². The van der Waals surface area contributed by atoms with Crippen LogP contribution in [0.5, 0.6) is 17.2 Å². The molecule has 0 bridgehead atoms. The number of hydrogen-bond acceptors (Lipinski definition) is 7. The number of amides is 1. The number of fused-ring (bicyclic) bond motifs is 1. The summed E-state index contributed by atoms with van der Waals surface area (Å²) >= 11 is 0. The van der Waals surface area contributed by atoms with Gasteiger partial charge in [-0.1, -0.05) is 26.8 Å². The SMILES string of the molecule is CCCOc1ccc(C(=O)Nc2ccc(OC(=O)c3ccc(OCCC)cc3)c(-c3nc4cc(CC)ccc4o3)c2)cc1. The Bertz CT molecular complexity index is 1710. The monoisotopic (exact) mass is 578 g/mol. The van der Waals surface area contributed by atoms with Crippen molar-refractivity contribution in [3.8, 4) is 28.7 Å². The summed E-state index contributed by atoms with van der Waals surface area (Å²) < 4.78 is 23.1. The summed E-state index contributed by atoms with van der Waals surface area (Å²) in [5.74, 6) is 1.05. The molecule has 1 aromatic heterocycles. The fourth-order valence-electron chi connectivity index (χ4n) is 4.36. The fourth-order valence-corrected chi connectivity index (χ4v) is 4.36. The molecule has 220 valence electrons. The Morgan fingerprint density at radius 1 is 0.767 bits per heavy atom. The smallest absolute Gasteiger partial charge is 0.343 e. The first kappa shape index (κ1) is 29.4. The minimum Gasteiger partial charge on any atom is -0.494 e. The van der Waals surface area contributed by atoms with Gasteiger partial charge in [-0.15, -0.1) is 0 Å². The summed E-state index contributed by atoms with van der Waals surface area (Å²) in [6.07, 6.45) is 2.64. The maximum atomic E-state index is 13.1. The van der Waals surface area contributed by atoms with Gasteiger partial charge in [0.05, 0.1) is 24.3 Å². The third kappa shape index (κ3) is 7.22. The third-order valence-corrected chi connectivity index (χ3v) is 6.68. The summed E-state index contributed by atoms with van der Waals surface area (Å²) in [5, 5.41) is 2.91. The van der Waals surface area contributed by atoms with E-state index >= 15 is 0 Å². The first-order valence-electron chi connectivity index (χ1n) is 14.5. The van der Waals surface area contributed by atoms with Crippen LogP contribution in [0.3, 0.4) is 0 Å². The van der Waals surface area contributed by atoms with Gasteiger partial charge in [0, 0.05) is 11.3 Å². The van der Waals surface area contributed by atoms with E-state index in [9.17, 15) is 9.59 Å². The van der Waals surface area contributed by atoms with Crippen LogP contribution in [0.2, 0.25) is 0 Å². The quantitative estimate of drug-likeness (QED) is 0.118. The first-order valence-corrected chi connectivity index (χ1v) is 14.5. The number of nitrogens with zero attached hydrogens (tertiary/aromatic N) is 1. The molecule has 5 aromatic rings. The standard InChI is InChI=1S/C35H34N2O6/c1-4-19-40-27-13-8-24(9-14-27)33(38)36-26-12-18-31(43-35(39)25-10-15-28(16-11-25)41-20-5-2)29(22-26)34-37-30-21-23(6-3)7-17-32(30)42-34/h7-18,21-22H,4-6,19-20H2,1-3H3,(H,36,38). The van der Waals surface area contributed by atoms with Crippen LogP contribution >= 0.6 is 0 Å². The van der Waals surface area contributed by atoms with Crippen LogP contribution in [0.4, 0.5) is 5.69 Å². The number of hydrogen-bond donors (Lipinski definition) is 1. The fraction of sp³-hybridized carbons (Fsp3) is 0.229. The van der Waals surface area contributed by atoms with Crippen molar-refractivity contribution in [1.29, 1.82) is 0 Å². The third-order valence-electron chi connectivity index (χ3n) is 6.68. The summed E-state index contributed by atoms with van der Waals surface area (Å²) in [5.41, 5.74) is 4.16. The van der Waals surface area contributed by atoms with Crippen LogP contribution in [0.15, 0.2) is 89.3 Å². The van der Waals surface area contributed by atoms with E-state index in [0.717, 1.165) is 24.8 Å². The Morgan fingerprint density at radius 2 is 1.42 bits per heavy atom. The molecular formula is C35H34N2O6. The van der Waals surface area contributed by atoms with Crippen molar-refractivity contribution in [2.45, 2.75) is 40.0 Å². The minimum atomic E-state index is -0.546. The Hall–Kier alpha value is -5.11. The average molecular weight is 579 g/mol. The van der Waals surface area contributed by atoms with Crippen LogP contribution in [0.1, 0.15) is 59.9 Å². The van der Waals surface area contributed by atoms with Gasteiger partial charge in [0.15, 0.2) is 5.58 Å². The van der Waals surface area contributed by atoms with Gasteiger partial charge in [0.25, 0.3) is 5.91 Å². The van der Waals surface area contributed by atoms with Crippen LogP contribution in [0.25, 0.3) is 22.6 Å². The molecule has 8 heteroatoms. The highest BCUT2D eigenvalue weighted by Gasteiger charge is 2.19. The van der Waals surface area contributed by atoms with Crippen molar-refractivity contribution < 1.29 is 28.2 Å². The van der Waals surface area contributed by atoms with Crippen LogP contribution in [-0.2, 0) is 6.42 Å². The summed E-state index contributed by atoms with van der Waals surface area (Å²) in [7, 11) is 0. The molecule has 1 heterocycles. The van der Waals surface area contributed by atoms with Gasteiger partial charge in [-0.25, -0.2) is 9.78 Å². The molecule has 0 fully saturated rings. The number of benzene rings is 4. The molecule has 1 amide bonds. The van der Waals surface area contributed by atoms with E-state index in [1.54, 1.807) is 66.7 Å². The predicted octanol–water partition coefficient (Wildman–Crippen LogP) is 8.11. The largest absolute Gasteiger partial charge is 0.494 e. The maximum absolute atomic E-state index is 13.1. The Kier molecular flexibility index (Phi) is 9.36. The predicted molar refractivity (Wildman–Crippen MR) is 166 cm³/mol. The highest BCUT2D eigenvalue weighted by atomic mass is 16.5. The van der Waals surface area contributed by atoms with Crippen molar-refractivity contribution >= 4 is 28.7 Å². The second-order valence-electron chi connectivity index (χ2n) is 9.97. The molecular weight excluding hydrogens is 544 g/mol. The van der Waals surface area contributed by atoms with E-state index in [1.807, 2.05) is 32.0 Å². The Balaban J connectivity index is 1.43. The lowest BCUT2D eigenvalue weighted by molar-refractivity contribution is 0.0735. The number of esters is 1. The second-order valence-corrected chi connectivity index (χ2v) is 9.97. The topological polar surface area (TPSA) is 99.9 Å². The highest BCUT2D eigenvalue weighted by molar-refractivity contribution is 6.04. The first-order chi connectivity index (χ1) is 21.0. The van der Waals surface area contributed by atoms with Crippen molar-refractivity contribution in [2.75, 3.05) is 18.5 Å². The number of nitrogens with one attached hydrogen (secondary N) is 1. The zero-order valence-electron chi connectivity index (χ0n) is 24.5. The zero-order valence-corrected chi connectivity index (χ0v) is 24.5. The molecule has 8 nitrogen and oxygen atoms in total. The summed E-state index contributed by atoms with van der Waals surface area (Å²) in [4.78, 5) is 30.9. The summed E-state index contributed by atoms with van der Waals surface area (Å²) in [6.45, 7) is 7.34. The molecule has 4 aromatic carbocycles. The van der Waals surface area contributed by atoms with Gasteiger partial charge in [0.1, 0.15) is 22.8 Å². The molecule has 5 rings (SSSR count). The van der Waals surface area contributed by atoms with Crippen molar-refractivity contribution in [3.63, 3.8) is 0 Å². The van der Waals surface area contributed by atoms with Crippen LogP contribution in [-0.4, -0.2) is 30.1 Å². The van der Waals surface area contributed by atoms with Gasteiger partial charge < -0.3 is 23.9 Å². The number of anilines is 1. The minimum absolute atomic E-state index is 0.244. The number of aromatic nitrogens is 1. The molecule has 1 N–H and O–H groups in total. The Morgan fingerprint density at radius 3 is 2.05 bits per heavy atom. The van der Waals surface area contributed by atoms with Crippen molar-refractivity contribution in [2.24, 2.45) is 0 Å². The van der Waals surface area contributed by atoms with Gasteiger partial charge in [-0.05, 0) is 104 Å². The lowest BCUT2D eigenvalue weighted by atomic mass is 10.1. The van der Waals surface area contributed by atoms with Crippen molar-refractivity contribution in [1.82, 2.24) is 4.98 Å². The molecule has 0 aliphatic rings. The molecule has 0 saturated carbocycles. The zero-order chi connectivity index (χ0) is 30.2. The van der Waals surface area contributed by atoms with E-state index in [0.29, 0.717) is 58.2 Å². The number of aryl methyl sites for hydroxylation is 1. The van der Waals surface area contributed by atoms with Gasteiger partial charge in [0.2, 0.25) is 5.89 Å². The number of ether oxygens (including phenoxy) is 3. The van der Waals surface area contributed by atoms with Crippen LogP contribution in [0, 0.1) is 0 Å². The molecule has 0 saturated heterocycles. The number of rotatable bonds is 12. The average Bonchev–Trinajstić information content (AvgIpc) is 3.47. The molecule has 0 aliphatic carbocycles. The normalized spacial score (nSPS) is 10.9. The van der Waals surface area contributed by atoms with Gasteiger partial charge in [-0.3, -0.25) is 4.79 Å². The number of oxazole rings is 1. The van der Waals surface area contributed by atoms with E-state index < -0.39 is 5.97 Å². The molecule has 0 aliphatic heterocycles. The maximum Gasteiger partial charge on any atom is 0.343 e. The van der Waals surface area contributed by atoms with Crippen molar-refractivity contribution in [3.05, 3.63) is 102 Å². The highest BCUT2D eigenvalue weighted by Crippen LogP contribution is 2.35. The molecule has 43 heavy (non-hydrogen) atoms. The number of carbonyl (C=O) groups is 2. The van der Waals surface area contributed by atoms with E-state index in [4.69, 9.17) is 18.6 Å². The lowest BCUT2D eigenvalue weighted by Gasteiger charge is -2.12. The van der Waals surface area contributed by atoms with Crippen LogP contribution < -0.4 is 19.5 Å². The van der Waals surface area contributed by atoms with E-state index in [1.165, 1.54) is 0 Å². The van der Waals surface area contributed by atoms with Gasteiger partial charge >= 0.3 is 5.97 Å². The molecule has 0 unspecified atom stereocenters. The van der Waals surface area contributed by atoms with E-state index in [-0.39, 0.29) is 17.5 Å². The molecule has 0 radical (unpaired) electrons. The summed E-state index contributed by atoms with van der Waals surface area (Å²) in [6, 6.07) is 24.6. The van der Waals surface area contributed by atoms with E-state index in [2.05, 4.69) is 17.2 Å².